The maximum Gasteiger partial charge on any atom is 0.420 e. The maximum absolute atomic E-state index is 13.7. The molecule has 4 rings (SSSR count). The minimum Gasteiger partial charge on any atom is -0.493 e. The van der Waals surface area contributed by atoms with E-state index in [1.54, 1.807) is 32.9 Å². The molecule has 0 saturated heterocycles. The number of aliphatic hydroxyl groups is 1. The van der Waals surface area contributed by atoms with Crippen molar-refractivity contribution >= 4 is 6.09 Å². The number of ether oxygens (including phenoxy) is 5. The predicted molar refractivity (Wildman–Crippen MR) is 162 cm³/mol. The highest BCUT2D eigenvalue weighted by Gasteiger charge is 2.35. The molecule has 1 heterocycles. The lowest BCUT2D eigenvalue weighted by Crippen LogP contribution is -2.38. The zero-order valence-electron chi connectivity index (χ0n) is 24.9. The van der Waals surface area contributed by atoms with E-state index in [0.717, 1.165) is 5.56 Å². The molecule has 0 aromatic heterocycles. The Labute approximate surface area is 252 Å². The van der Waals surface area contributed by atoms with E-state index in [2.05, 4.69) is 23.7 Å². The molecule has 0 bridgehead atoms. The van der Waals surface area contributed by atoms with Crippen LogP contribution >= 0.6 is 0 Å². The van der Waals surface area contributed by atoms with Gasteiger partial charge in [0.25, 0.3) is 0 Å². The number of carbonyl (C=O) groups is 1. The number of carbonyl (C=O) groups excluding carboxylic acids is 1. The molecule has 0 aliphatic carbocycles. The average molecular weight is 580 g/mol. The molecule has 1 amide bonds. The van der Waals surface area contributed by atoms with E-state index >= 15 is 0 Å². The van der Waals surface area contributed by atoms with Crippen LogP contribution in [0.3, 0.4) is 0 Å². The third-order valence-electron chi connectivity index (χ3n) is 6.03. The van der Waals surface area contributed by atoms with Crippen LogP contribution in [0.15, 0.2) is 96.2 Å². The Bertz CT molecular complexity index is 1620. The highest BCUT2D eigenvalue weighted by Crippen LogP contribution is 2.42. The Kier molecular flexibility index (Phi) is 9.67. The van der Waals surface area contributed by atoms with E-state index in [0.29, 0.717) is 28.4 Å². The predicted octanol–water partition coefficient (Wildman–Crippen LogP) is 6.17. The molecule has 3 aromatic rings. The van der Waals surface area contributed by atoms with Crippen LogP contribution in [0.2, 0.25) is 0 Å². The number of nitrogens with zero attached hydrogens (tertiary/aromatic N) is 1. The van der Waals surface area contributed by atoms with Crippen molar-refractivity contribution in [2.24, 2.45) is 0 Å². The third-order valence-corrected chi connectivity index (χ3v) is 6.03. The minimum atomic E-state index is -1.40. The molecule has 220 valence electrons. The fourth-order valence-corrected chi connectivity index (χ4v) is 4.07. The van der Waals surface area contributed by atoms with Crippen molar-refractivity contribution < 1.29 is 33.6 Å². The van der Waals surface area contributed by atoms with Gasteiger partial charge in [0.05, 0.1) is 21.3 Å². The number of benzene rings is 3. The summed E-state index contributed by atoms with van der Waals surface area (Å²) < 4.78 is 28.2. The first-order valence-corrected chi connectivity index (χ1v) is 13.4. The quantitative estimate of drug-likeness (QED) is 0.362. The van der Waals surface area contributed by atoms with Gasteiger partial charge in [0.2, 0.25) is 5.75 Å². The van der Waals surface area contributed by atoms with Gasteiger partial charge in [-0.3, -0.25) is 0 Å². The molecule has 0 spiro atoms. The number of rotatable bonds is 5. The van der Waals surface area contributed by atoms with Crippen LogP contribution in [0.5, 0.6) is 17.2 Å². The monoisotopic (exact) mass is 579 g/mol. The Morgan fingerprint density at radius 1 is 0.814 bits per heavy atom. The van der Waals surface area contributed by atoms with Gasteiger partial charge in [-0.15, -0.1) is 0 Å². The smallest absolute Gasteiger partial charge is 0.420 e. The van der Waals surface area contributed by atoms with Gasteiger partial charge in [-0.2, -0.15) is 0 Å². The molecule has 0 saturated carbocycles. The van der Waals surface area contributed by atoms with E-state index in [1.807, 2.05) is 60.7 Å². The van der Waals surface area contributed by atoms with E-state index in [-0.39, 0.29) is 17.2 Å². The van der Waals surface area contributed by atoms with Crippen molar-refractivity contribution in [3.8, 4) is 40.9 Å². The van der Waals surface area contributed by atoms with Crippen molar-refractivity contribution in [3.05, 3.63) is 113 Å². The first kappa shape index (κ1) is 30.6. The molecule has 1 aliphatic heterocycles. The zero-order chi connectivity index (χ0) is 31.0. The summed E-state index contributed by atoms with van der Waals surface area (Å²) in [6, 6.07) is 21.7. The number of aliphatic hydroxyl groups excluding tert-OH is 1. The van der Waals surface area contributed by atoms with E-state index in [1.165, 1.54) is 32.5 Å². The second-order valence-corrected chi connectivity index (χ2v) is 10.2. The number of amides is 1. The van der Waals surface area contributed by atoms with Gasteiger partial charge in [-0.1, -0.05) is 48.2 Å². The summed E-state index contributed by atoms with van der Waals surface area (Å²) in [7, 11) is 4.44. The number of hydrogen-bond donors (Lipinski definition) is 1. The summed E-state index contributed by atoms with van der Waals surface area (Å²) >= 11 is 0. The highest BCUT2D eigenvalue weighted by atomic mass is 16.6. The maximum atomic E-state index is 13.7. The SMILES string of the molecule is COc1cc(C(O)C2=C(C#Cc3ccccc3)N(C(=O)OC(C)(C)C)C(C#Cc3ccccc3)=CO2)cc(OC)c1OC. The Balaban J connectivity index is 1.91. The van der Waals surface area contributed by atoms with E-state index < -0.39 is 17.8 Å². The molecule has 1 unspecified atom stereocenters. The molecule has 8 nitrogen and oxygen atoms in total. The standard InChI is InChI=1S/C35H33NO7/c1-35(2,3)43-34(38)36-27(19-17-24-13-9-7-10-14-24)23-42-32(28(36)20-18-25-15-11-8-12-16-25)31(37)26-21-29(39-4)33(41-6)30(22-26)40-5/h7-16,21-23,31,37H,1-6H3. The molecule has 1 atom stereocenters. The van der Waals surface area contributed by atoms with Crippen LogP contribution in [-0.4, -0.2) is 43.0 Å². The topological polar surface area (TPSA) is 86.7 Å². The van der Waals surface area contributed by atoms with Crippen LogP contribution in [0.4, 0.5) is 4.79 Å². The third kappa shape index (κ3) is 7.51. The van der Waals surface area contributed by atoms with Crippen LogP contribution < -0.4 is 14.2 Å². The zero-order valence-corrected chi connectivity index (χ0v) is 24.9. The van der Waals surface area contributed by atoms with Crippen molar-refractivity contribution in [1.82, 2.24) is 4.90 Å². The first-order valence-electron chi connectivity index (χ1n) is 13.4. The van der Waals surface area contributed by atoms with Crippen molar-refractivity contribution in [1.29, 1.82) is 0 Å². The Morgan fingerprint density at radius 2 is 1.35 bits per heavy atom. The Morgan fingerprint density at radius 3 is 1.84 bits per heavy atom. The van der Waals surface area contributed by atoms with E-state index in [4.69, 9.17) is 23.7 Å². The lowest BCUT2D eigenvalue weighted by Gasteiger charge is -2.31. The number of methoxy groups -OCH3 is 3. The van der Waals surface area contributed by atoms with Gasteiger partial charge in [0.1, 0.15) is 29.4 Å². The van der Waals surface area contributed by atoms with Crippen LogP contribution in [0, 0.1) is 23.7 Å². The lowest BCUT2D eigenvalue weighted by atomic mass is 10.0. The summed E-state index contributed by atoms with van der Waals surface area (Å²) in [5.74, 6) is 13.2. The lowest BCUT2D eigenvalue weighted by molar-refractivity contribution is 0.0339. The van der Waals surface area contributed by atoms with Crippen LogP contribution in [0.25, 0.3) is 0 Å². The normalized spacial score (nSPS) is 13.3. The van der Waals surface area contributed by atoms with Crippen molar-refractivity contribution in [2.45, 2.75) is 32.5 Å². The molecule has 1 aliphatic rings. The number of hydrogen-bond acceptors (Lipinski definition) is 7. The van der Waals surface area contributed by atoms with Gasteiger partial charge in [0, 0.05) is 11.1 Å². The second kappa shape index (κ2) is 13.6. The summed E-state index contributed by atoms with van der Waals surface area (Å²) in [5, 5.41) is 11.7. The van der Waals surface area contributed by atoms with Crippen LogP contribution in [-0.2, 0) is 9.47 Å². The van der Waals surface area contributed by atoms with Gasteiger partial charge in [-0.25, -0.2) is 9.69 Å². The first-order chi connectivity index (χ1) is 20.6. The largest absolute Gasteiger partial charge is 0.493 e. The minimum absolute atomic E-state index is 0.0196. The molecule has 8 heteroatoms. The molecule has 0 radical (unpaired) electrons. The highest BCUT2D eigenvalue weighted by molar-refractivity contribution is 5.77. The second-order valence-electron chi connectivity index (χ2n) is 10.2. The molecule has 43 heavy (non-hydrogen) atoms. The van der Waals surface area contributed by atoms with Gasteiger partial charge < -0.3 is 28.8 Å². The molecule has 1 N–H and O–H groups in total. The summed E-state index contributed by atoms with van der Waals surface area (Å²) in [6.45, 7) is 5.28. The van der Waals surface area contributed by atoms with Crippen molar-refractivity contribution in [3.63, 3.8) is 0 Å². The fourth-order valence-electron chi connectivity index (χ4n) is 4.07. The number of allylic oxidation sites excluding steroid dienone is 2. The summed E-state index contributed by atoms with van der Waals surface area (Å²) in [4.78, 5) is 15.0. The van der Waals surface area contributed by atoms with Gasteiger partial charge in [-0.05, 0) is 74.6 Å². The fraction of sp³-hybridized carbons (Fsp3) is 0.229. The summed E-state index contributed by atoms with van der Waals surface area (Å²) in [5.41, 5.74) is 1.17. The Hall–Kier alpha value is -5.31. The van der Waals surface area contributed by atoms with Gasteiger partial charge >= 0.3 is 6.09 Å². The molecular weight excluding hydrogens is 546 g/mol. The van der Waals surface area contributed by atoms with Crippen molar-refractivity contribution in [2.75, 3.05) is 21.3 Å². The molecule has 3 aromatic carbocycles. The average Bonchev–Trinajstić information content (AvgIpc) is 3.01. The summed E-state index contributed by atoms with van der Waals surface area (Å²) in [6.07, 6.45) is -0.848. The molecule has 0 fully saturated rings. The van der Waals surface area contributed by atoms with Gasteiger partial charge in [0.15, 0.2) is 17.3 Å². The van der Waals surface area contributed by atoms with E-state index in [9.17, 15) is 9.90 Å². The molecular formula is C35H33NO7. The van der Waals surface area contributed by atoms with Crippen LogP contribution in [0.1, 0.15) is 43.6 Å².